The summed E-state index contributed by atoms with van der Waals surface area (Å²) in [5.41, 5.74) is -2.56. The first-order valence-electron chi connectivity index (χ1n) is 8.48. The summed E-state index contributed by atoms with van der Waals surface area (Å²) in [7, 11) is 0.843. The van der Waals surface area contributed by atoms with E-state index in [-0.39, 0.29) is 11.3 Å². The minimum Gasteiger partial charge on any atom is -0.490 e. The molecule has 0 aromatic heterocycles. The van der Waals surface area contributed by atoms with Crippen LogP contribution >= 0.6 is 0 Å². The van der Waals surface area contributed by atoms with Crippen molar-refractivity contribution >= 4 is 0 Å². The second kappa shape index (κ2) is 8.23. The van der Waals surface area contributed by atoms with Gasteiger partial charge in [-0.1, -0.05) is 25.1 Å². The van der Waals surface area contributed by atoms with Crippen LogP contribution in [0.4, 0.5) is 39.5 Å². The molecule has 0 N–H and O–H groups in total. The molecule has 0 aliphatic rings. The van der Waals surface area contributed by atoms with Crippen LogP contribution in [-0.2, 0) is 10.3 Å². The van der Waals surface area contributed by atoms with Gasteiger partial charge in [-0.05, 0) is 26.3 Å². The Labute approximate surface area is 162 Å². The first-order valence-corrected chi connectivity index (χ1v) is 8.48. The van der Waals surface area contributed by atoms with Crippen LogP contribution in [0, 0.1) is 0 Å². The van der Waals surface area contributed by atoms with Gasteiger partial charge in [0.15, 0.2) is 0 Å². The zero-order valence-corrected chi connectivity index (χ0v) is 16.0. The van der Waals surface area contributed by atoms with E-state index in [2.05, 4.69) is 0 Å². The Morgan fingerprint density at radius 1 is 0.897 bits per heavy atom. The number of halogens is 9. The summed E-state index contributed by atoms with van der Waals surface area (Å²) < 4.78 is 130. The molecule has 0 bridgehead atoms. The summed E-state index contributed by atoms with van der Waals surface area (Å²) in [5.74, 6) is -19.5. The number of rotatable bonds is 9. The van der Waals surface area contributed by atoms with Gasteiger partial charge in [0.25, 0.3) is 0 Å². The highest BCUT2D eigenvalue weighted by atomic mass is 19.4. The first kappa shape index (κ1) is 25.4. The minimum absolute atomic E-state index is 0.0482. The third kappa shape index (κ3) is 4.75. The van der Waals surface area contributed by atoms with Crippen molar-refractivity contribution in [1.82, 2.24) is 0 Å². The molecule has 0 radical (unpaired) electrons. The first-order chi connectivity index (χ1) is 13.0. The molecule has 1 rings (SSSR count). The van der Waals surface area contributed by atoms with E-state index >= 15 is 0 Å². The van der Waals surface area contributed by atoms with Gasteiger partial charge in [0, 0.05) is 12.7 Å². The largest absolute Gasteiger partial charge is 0.490 e. The molecule has 0 saturated heterocycles. The maximum absolute atomic E-state index is 14.2. The highest BCUT2D eigenvalue weighted by molar-refractivity contribution is 5.38. The van der Waals surface area contributed by atoms with Gasteiger partial charge in [-0.15, -0.1) is 0 Å². The van der Waals surface area contributed by atoms with Crippen molar-refractivity contribution in [2.45, 2.75) is 69.3 Å². The van der Waals surface area contributed by atoms with Crippen LogP contribution in [0.25, 0.3) is 0 Å². The fourth-order valence-electron chi connectivity index (χ4n) is 2.53. The van der Waals surface area contributed by atoms with E-state index in [1.807, 2.05) is 0 Å². The number of hydrogen-bond acceptors (Lipinski definition) is 2. The maximum atomic E-state index is 14.2. The second-order valence-electron chi connectivity index (χ2n) is 6.80. The lowest BCUT2D eigenvalue weighted by Gasteiger charge is -2.39. The van der Waals surface area contributed by atoms with Crippen molar-refractivity contribution in [2.75, 3.05) is 7.11 Å². The van der Waals surface area contributed by atoms with Gasteiger partial charge in [0.1, 0.15) is 5.75 Å². The predicted molar refractivity (Wildman–Crippen MR) is 86.7 cm³/mol. The van der Waals surface area contributed by atoms with Gasteiger partial charge in [-0.25, -0.2) is 0 Å². The molecule has 0 aliphatic heterocycles. The van der Waals surface area contributed by atoms with Crippen molar-refractivity contribution in [2.24, 2.45) is 0 Å². The smallest absolute Gasteiger partial charge is 0.460 e. The molecule has 2 unspecified atom stereocenters. The number of alkyl halides is 9. The molecule has 0 aliphatic carbocycles. The van der Waals surface area contributed by atoms with E-state index < -0.39 is 42.1 Å². The highest BCUT2D eigenvalue weighted by Crippen LogP contribution is 2.56. The Morgan fingerprint density at radius 2 is 1.41 bits per heavy atom. The predicted octanol–water partition coefficient (Wildman–Crippen LogP) is 6.58. The summed E-state index contributed by atoms with van der Waals surface area (Å²) in [6.45, 7) is 4.26. The molecular formula is C18H21F9O2. The molecule has 11 heteroatoms. The third-order valence-corrected chi connectivity index (χ3v) is 4.58. The van der Waals surface area contributed by atoms with Crippen molar-refractivity contribution < 1.29 is 49.0 Å². The molecule has 2 atom stereocenters. The van der Waals surface area contributed by atoms with Crippen molar-refractivity contribution in [3.8, 4) is 5.75 Å². The van der Waals surface area contributed by atoms with Crippen LogP contribution in [0.1, 0.15) is 39.2 Å². The van der Waals surface area contributed by atoms with Crippen molar-refractivity contribution in [3.63, 3.8) is 0 Å². The Bertz CT molecular complexity index is 688. The minimum atomic E-state index is -6.95. The summed E-state index contributed by atoms with van der Waals surface area (Å²) in [4.78, 5) is 0. The molecule has 1 aromatic rings. The summed E-state index contributed by atoms with van der Waals surface area (Å²) in [6.07, 6.45) is -8.96. The highest BCUT2D eigenvalue weighted by Gasteiger charge is 2.82. The molecule has 0 saturated carbocycles. The zero-order valence-electron chi connectivity index (χ0n) is 16.0. The van der Waals surface area contributed by atoms with Gasteiger partial charge >= 0.3 is 23.9 Å². The fourth-order valence-corrected chi connectivity index (χ4v) is 2.53. The summed E-state index contributed by atoms with van der Waals surface area (Å²) in [5, 5.41) is 0. The van der Waals surface area contributed by atoms with Gasteiger partial charge < -0.3 is 9.47 Å². The lowest BCUT2D eigenvalue weighted by molar-refractivity contribution is -0.400. The Hall–Kier alpha value is -1.65. The Balaban J connectivity index is 3.41. The average molecular weight is 440 g/mol. The molecule has 29 heavy (non-hydrogen) atoms. The third-order valence-electron chi connectivity index (χ3n) is 4.58. The normalized spacial score (nSPS) is 17.0. The molecule has 0 amide bonds. The lowest BCUT2D eigenvalue weighted by Crippen LogP contribution is -2.62. The van der Waals surface area contributed by atoms with E-state index in [1.165, 1.54) is 24.3 Å². The maximum Gasteiger partial charge on any atom is 0.460 e. The van der Waals surface area contributed by atoms with E-state index in [4.69, 9.17) is 9.47 Å². The number of benzene rings is 1. The Kier molecular flexibility index (Phi) is 7.21. The molecular weight excluding hydrogens is 419 g/mol. The molecule has 168 valence electrons. The monoisotopic (exact) mass is 440 g/mol. The van der Waals surface area contributed by atoms with E-state index in [0.717, 1.165) is 14.0 Å². The SMILES string of the molecule is CCC(C)Oc1ccccc1C(C)(CC(F)(F)C(F)(F)C(F)(F)C(F)(F)F)OC. The number of ether oxygens (including phenoxy) is 2. The van der Waals surface area contributed by atoms with Crippen LogP contribution in [0.15, 0.2) is 24.3 Å². The van der Waals surface area contributed by atoms with Gasteiger partial charge in [-0.2, -0.15) is 39.5 Å². The van der Waals surface area contributed by atoms with Crippen LogP contribution in [0.3, 0.4) is 0 Å². The molecule has 0 heterocycles. The van der Waals surface area contributed by atoms with Gasteiger partial charge in [0.2, 0.25) is 0 Å². The standard InChI is InChI=1S/C18H21F9O2/c1-5-11(2)29-13-9-7-6-8-12(13)14(3,28-4)10-15(19,20)16(21,22)17(23,24)18(25,26)27/h6-9,11H,5,10H2,1-4H3. The summed E-state index contributed by atoms with van der Waals surface area (Å²) >= 11 is 0. The Morgan fingerprint density at radius 3 is 1.86 bits per heavy atom. The number of methoxy groups -OCH3 is 1. The van der Waals surface area contributed by atoms with Gasteiger partial charge in [0.05, 0.1) is 18.1 Å². The fraction of sp³-hybridized carbons (Fsp3) is 0.667. The molecule has 0 spiro atoms. The molecule has 1 aromatic carbocycles. The van der Waals surface area contributed by atoms with Crippen LogP contribution in [0.5, 0.6) is 5.75 Å². The second-order valence-corrected chi connectivity index (χ2v) is 6.80. The molecule has 2 nitrogen and oxygen atoms in total. The van der Waals surface area contributed by atoms with E-state index in [9.17, 15) is 39.5 Å². The van der Waals surface area contributed by atoms with Crippen LogP contribution < -0.4 is 4.74 Å². The lowest BCUT2D eigenvalue weighted by atomic mass is 9.85. The summed E-state index contributed by atoms with van der Waals surface area (Å²) in [6, 6.07) is 5.27. The van der Waals surface area contributed by atoms with E-state index in [1.54, 1.807) is 13.8 Å². The topological polar surface area (TPSA) is 18.5 Å². The number of hydrogen-bond donors (Lipinski definition) is 0. The van der Waals surface area contributed by atoms with Crippen LogP contribution in [0.2, 0.25) is 0 Å². The quantitative estimate of drug-likeness (QED) is 0.404. The van der Waals surface area contributed by atoms with Crippen molar-refractivity contribution in [1.29, 1.82) is 0 Å². The van der Waals surface area contributed by atoms with Gasteiger partial charge in [-0.3, -0.25) is 0 Å². The zero-order chi connectivity index (χ0) is 22.9. The van der Waals surface area contributed by atoms with E-state index in [0.29, 0.717) is 6.42 Å². The average Bonchev–Trinajstić information content (AvgIpc) is 2.60. The van der Waals surface area contributed by atoms with Crippen molar-refractivity contribution in [3.05, 3.63) is 29.8 Å². The van der Waals surface area contributed by atoms with Crippen LogP contribution in [-0.4, -0.2) is 37.2 Å². The molecule has 0 fully saturated rings. The number of para-hydroxylation sites is 1.